The van der Waals surface area contributed by atoms with Crippen LogP contribution in [0.15, 0.2) is 53.1 Å². The summed E-state index contributed by atoms with van der Waals surface area (Å²) in [5.74, 6) is 0.581. The number of carbonyl (C=O) groups excluding carboxylic acids is 2. The van der Waals surface area contributed by atoms with E-state index in [4.69, 9.17) is 9.68 Å². The zero-order valence-electron chi connectivity index (χ0n) is 18.7. The first kappa shape index (κ1) is 23.5. The van der Waals surface area contributed by atoms with E-state index in [9.17, 15) is 9.59 Å². The average molecular weight is 438 g/mol. The topological polar surface area (TPSA) is 84.0 Å². The third-order valence-corrected chi connectivity index (χ3v) is 5.56. The summed E-state index contributed by atoms with van der Waals surface area (Å²) in [6.07, 6.45) is 1.81. The minimum absolute atomic E-state index is 0.0364. The van der Waals surface area contributed by atoms with Crippen molar-refractivity contribution in [1.29, 1.82) is 5.26 Å². The fourth-order valence-electron chi connectivity index (χ4n) is 3.78. The van der Waals surface area contributed by atoms with Gasteiger partial charge >= 0.3 is 0 Å². The van der Waals surface area contributed by atoms with Crippen LogP contribution >= 0.6 is 0 Å². The minimum atomic E-state index is -0.125. The van der Waals surface area contributed by atoms with Crippen molar-refractivity contribution in [3.05, 3.63) is 60.1 Å². The largest absolute Gasteiger partial charge is 0.467 e. The van der Waals surface area contributed by atoms with Crippen LogP contribution in [0.5, 0.6) is 0 Å². The van der Waals surface area contributed by atoms with E-state index < -0.39 is 0 Å². The Kier molecular flexibility index (Phi) is 8.84. The number of furan rings is 1. The number of likely N-dealkylation sites (N-methyl/N-ethyl adjacent to an activating group) is 1. The second-order valence-electron chi connectivity index (χ2n) is 8.12. The average Bonchev–Trinajstić information content (AvgIpc) is 3.31. The molecule has 8 nitrogen and oxygen atoms in total. The molecule has 1 aromatic carbocycles. The Hall–Kier alpha value is -3.15. The maximum atomic E-state index is 12.8. The van der Waals surface area contributed by atoms with Gasteiger partial charge in [0.25, 0.3) is 0 Å². The highest BCUT2D eigenvalue weighted by atomic mass is 16.3. The van der Waals surface area contributed by atoms with Crippen LogP contribution in [-0.2, 0) is 22.7 Å². The normalized spacial score (nSPS) is 14.3. The second-order valence-corrected chi connectivity index (χ2v) is 8.12. The van der Waals surface area contributed by atoms with Gasteiger partial charge in [-0.05, 0) is 24.7 Å². The van der Waals surface area contributed by atoms with Gasteiger partial charge in [0, 0.05) is 39.3 Å². The maximum Gasteiger partial charge on any atom is 0.237 e. The quantitative estimate of drug-likeness (QED) is 0.564. The highest BCUT2D eigenvalue weighted by molar-refractivity contribution is 5.81. The lowest BCUT2D eigenvalue weighted by Crippen LogP contribution is -2.51. The Morgan fingerprint density at radius 2 is 1.81 bits per heavy atom. The van der Waals surface area contributed by atoms with Crippen LogP contribution < -0.4 is 0 Å². The molecule has 0 bridgehead atoms. The van der Waals surface area contributed by atoms with Crippen LogP contribution in [0.1, 0.15) is 17.7 Å². The smallest absolute Gasteiger partial charge is 0.237 e. The summed E-state index contributed by atoms with van der Waals surface area (Å²) in [4.78, 5) is 33.1. The molecule has 2 amide bonds. The van der Waals surface area contributed by atoms with E-state index in [2.05, 4.69) is 23.1 Å². The predicted octanol–water partition coefficient (Wildman–Crippen LogP) is 1.80. The van der Waals surface area contributed by atoms with Crippen LogP contribution in [0.2, 0.25) is 0 Å². The molecule has 0 saturated carbocycles. The molecule has 0 radical (unpaired) electrons. The molecular formula is C24H31N5O3. The third-order valence-electron chi connectivity index (χ3n) is 5.56. The molecule has 1 saturated heterocycles. The highest BCUT2D eigenvalue weighted by Crippen LogP contribution is 2.10. The molecule has 32 heavy (non-hydrogen) atoms. The molecule has 8 heteroatoms. The molecule has 0 aliphatic carbocycles. The molecule has 0 unspecified atom stereocenters. The number of piperazine rings is 1. The third kappa shape index (κ3) is 7.22. The fourth-order valence-corrected chi connectivity index (χ4v) is 3.78. The van der Waals surface area contributed by atoms with Gasteiger partial charge in [-0.3, -0.25) is 19.4 Å². The number of nitrogens with zero attached hydrogens (tertiary/aromatic N) is 5. The van der Waals surface area contributed by atoms with Crippen molar-refractivity contribution in [1.82, 2.24) is 19.6 Å². The van der Waals surface area contributed by atoms with Gasteiger partial charge in [0.15, 0.2) is 0 Å². The summed E-state index contributed by atoms with van der Waals surface area (Å²) in [6, 6.07) is 16.0. The van der Waals surface area contributed by atoms with Crippen molar-refractivity contribution in [2.24, 2.45) is 0 Å². The molecule has 0 atom stereocenters. The molecule has 1 aliphatic heterocycles. The van der Waals surface area contributed by atoms with E-state index >= 15 is 0 Å². The first-order valence-electron chi connectivity index (χ1n) is 10.9. The number of amides is 2. The molecular weight excluding hydrogens is 406 g/mol. The summed E-state index contributed by atoms with van der Waals surface area (Å²) in [5, 5.41) is 8.89. The number of benzene rings is 1. The molecule has 0 N–H and O–H groups in total. The van der Waals surface area contributed by atoms with Crippen LogP contribution in [0, 0.1) is 11.3 Å². The second kappa shape index (κ2) is 12.0. The number of nitriles is 1. The fraction of sp³-hybridized carbons (Fsp3) is 0.458. The highest BCUT2D eigenvalue weighted by Gasteiger charge is 2.23. The lowest BCUT2D eigenvalue weighted by Gasteiger charge is -2.35. The van der Waals surface area contributed by atoms with Gasteiger partial charge < -0.3 is 14.2 Å². The summed E-state index contributed by atoms with van der Waals surface area (Å²) in [7, 11) is 1.77. The summed E-state index contributed by atoms with van der Waals surface area (Å²) >= 11 is 0. The van der Waals surface area contributed by atoms with Crippen molar-refractivity contribution in [2.75, 3.05) is 52.9 Å². The van der Waals surface area contributed by atoms with Gasteiger partial charge in [-0.25, -0.2) is 0 Å². The van der Waals surface area contributed by atoms with Crippen molar-refractivity contribution in [2.45, 2.75) is 19.5 Å². The summed E-state index contributed by atoms with van der Waals surface area (Å²) in [6.45, 7) is 4.93. The molecule has 1 fully saturated rings. The molecule has 1 aliphatic rings. The van der Waals surface area contributed by atoms with E-state index in [1.807, 2.05) is 23.1 Å². The lowest BCUT2D eigenvalue weighted by atomic mass is 10.2. The van der Waals surface area contributed by atoms with E-state index in [-0.39, 0.29) is 31.3 Å². The van der Waals surface area contributed by atoms with Gasteiger partial charge in [0.2, 0.25) is 11.8 Å². The van der Waals surface area contributed by atoms with Gasteiger partial charge in [0.05, 0.1) is 38.4 Å². The number of hydrogen-bond acceptors (Lipinski definition) is 6. The van der Waals surface area contributed by atoms with Crippen molar-refractivity contribution in [3.63, 3.8) is 0 Å². The Morgan fingerprint density at radius 3 is 2.47 bits per heavy atom. The summed E-state index contributed by atoms with van der Waals surface area (Å²) < 4.78 is 5.33. The van der Waals surface area contributed by atoms with Crippen molar-refractivity contribution >= 4 is 11.8 Å². The van der Waals surface area contributed by atoms with Crippen molar-refractivity contribution in [3.8, 4) is 6.07 Å². The van der Waals surface area contributed by atoms with E-state index in [1.165, 1.54) is 5.56 Å². The molecule has 0 spiro atoms. The molecule has 3 rings (SSSR count). The molecule has 170 valence electrons. The van der Waals surface area contributed by atoms with Gasteiger partial charge in [-0.2, -0.15) is 5.26 Å². The zero-order chi connectivity index (χ0) is 22.8. The number of rotatable bonds is 10. The Labute approximate surface area is 189 Å². The Morgan fingerprint density at radius 1 is 1.06 bits per heavy atom. The Bertz CT molecular complexity index is 886. The monoisotopic (exact) mass is 437 g/mol. The van der Waals surface area contributed by atoms with Crippen LogP contribution in [0.4, 0.5) is 0 Å². The predicted molar refractivity (Wildman–Crippen MR) is 120 cm³/mol. The Balaban J connectivity index is 1.43. The van der Waals surface area contributed by atoms with Crippen molar-refractivity contribution < 1.29 is 14.0 Å². The summed E-state index contributed by atoms with van der Waals surface area (Å²) in [5.41, 5.74) is 1.28. The van der Waals surface area contributed by atoms with E-state index in [0.717, 1.165) is 19.6 Å². The minimum Gasteiger partial charge on any atom is -0.467 e. The zero-order valence-corrected chi connectivity index (χ0v) is 18.7. The first-order chi connectivity index (χ1) is 15.5. The standard InChI is InChI=1S/C24H31N5O3/c1-26(20-24(31)29(11-6-10-25)18-22-9-5-16-32-22)19-23(30)28-14-12-27(13-15-28)17-21-7-3-2-4-8-21/h2-5,7-9,16H,6,11-15,17-20H2,1H3. The molecule has 1 aromatic heterocycles. The van der Waals surface area contributed by atoms with Gasteiger partial charge in [-0.15, -0.1) is 0 Å². The van der Waals surface area contributed by atoms with Gasteiger partial charge in [0.1, 0.15) is 5.76 Å². The number of hydrogen-bond donors (Lipinski definition) is 0. The van der Waals surface area contributed by atoms with Crippen LogP contribution in [0.25, 0.3) is 0 Å². The molecule has 2 heterocycles. The SMILES string of the molecule is CN(CC(=O)N1CCN(Cc2ccccc2)CC1)CC(=O)N(CCC#N)Cc1ccco1. The van der Waals surface area contributed by atoms with E-state index in [0.29, 0.717) is 31.9 Å². The van der Waals surface area contributed by atoms with Crippen LogP contribution in [0.3, 0.4) is 0 Å². The maximum absolute atomic E-state index is 12.8. The van der Waals surface area contributed by atoms with Gasteiger partial charge in [-0.1, -0.05) is 30.3 Å². The number of carbonyl (C=O) groups is 2. The molecule has 2 aromatic rings. The van der Waals surface area contributed by atoms with Crippen LogP contribution in [-0.4, -0.2) is 84.3 Å². The van der Waals surface area contributed by atoms with E-state index in [1.54, 1.807) is 35.2 Å². The first-order valence-corrected chi connectivity index (χ1v) is 10.9. The lowest BCUT2D eigenvalue weighted by molar-refractivity contribution is -0.136.